The van der Waals surface area contributed by atoms with E-state index in [1.807, 2.05) is 49.7 Å². The van der Waals surface area contributed by atoms with Crippen molar-refractivity contribution in [3.8, 4) is 22.9 Å². The van der Waals surface area contributed by atoms with Crippen molar-refractivity contribution in [1.29, 1.82) is 5.26 Å². The average Bonchev–Trinajstić information content (AvgIpc) is 2.96. The highest BCUT2D eigenvalue weighted by atomic mass is 16.5. The zero-order valence-electron chi connectivity index (χ0n) is 23.4. The Labute approximate surface area is 231 Å². The Kier molecular flexibility index (Phi) is 8.98. The lowest BCUT2D eigenvalue weighted by molar-refractivity contribution is -0.110. The molecular weight excluding hydrogens is 486 g/mol. The molecule has 2 heterocycles. The zero-order valence-corrected chi connectivity index (χ0v) is 23.4. The molecule has 7 heteroatoms. The average molecular weight is 524 g/mol. The Hall–Kier alpha value is -4.18. The van der Waals surface area contributed by atoms with Crippen LogP contribution in [0.3, 0.4) is 0 Å². The number of benzene rings is 1. The molecule has 7 nitrogen and oxygen atoms in total. The van der Waals surface area contributed by atoms with E-state index in [1.165, 1.54) is 0 Å². The van der Waals surface area contributed by atoms with Crippen LogP contribution in [-0.2, 0) is 4.79 Å². The second kappa shape index (κ2) is 12.6. The molecule has 1 amide bonds. The molecule has 0 spiro atoms. The van der Waals surface area contributed by atoms with Crippen molar-refractivity contribution >= 4 is 23.1 Å². The number of pyridine rings is 2. The molecule has 39 heavy (non-hydrogen) atoms. The summed E-state index contributed by atoms with van der Waals surface area (Å²) in [7, 11) is 1.69. The molecule has 3 unspecified atom stereocenters. The van der Waals surface area contributed by atoms with E-state index >= 15 is 0 Å². The van der Waals surface area contributed by atoms with Gasteiger partial charge < -0.3 is 15.0 Å². The predicted molar refractivity (Wildman–Crippen MR) is 157 cm³/mol. The first-order chi connectivity index (χ1) is 18.9. The molecule has 2 aromatic heterocycles. The molecule has 0 aliphatic heterocycles. The van der Waals surface area contributed by atoms with Crippen LogP contribution in [0.15, 0.2) is 66.0 Å². The number of aromatic nitrogens is 2. The Morgan fingerprint density at radius 2 is 2.03 bits per heavy atom. The molecule has 4 rings (SSSR count). The summed E-state index contributed by atoms with van der Waals surface area (Å²) in [6, 6.07) is 12.6. The van der Waals surface area contributed by atoms with Crippen LogP contribution in [0.1, 0.15) is 52.0 Å². The summed E-state index contributed by atoms with van der Waals surface area (Å²) >= 11 is 0. The minimum absolute atomic E-state index is 0.0108. The number of allylic oxidation sites excluding steroid dienone is 4. The van der Waals surface area contributed by atoms with Gasteiger partial charge in [-0.3, -0.25) is 9.78 Å². The number of rotatable bonds is 11. The summed E-state index contributed by atoms with van der Waals surface area (Å²) in [5, 5.41) is 13.1. The van der Waals surface area contributed by atoms with Gasteiger partial charge in [0.1, 0.15) is 11.6 Å². The molecule has 1 N–H and O–H groups in total. The quantitative estimate of drug-likeness (QED) is 0.302. The van der Waals surface area contributed by atoms with Crippen LogP contribution in [0, 0.1) is 17.2 Å². The number of ether oxygens (including phenoxy) is 1. The Morgan fingerprint density at radius 3 is 2.67 bits per heavy atom. The summed E-state index contributed by atoms with van der Waals surface area (Å²) in [6.07, 6.45) is 10.3. The molecular formula is C32H37N5O2. The number of carbonyl (C=O) groups excluding carboxylic acids is 1. The highest BCUT2D eigenvalue weighted by Gasteiger charge is 2.22. The Balaban J connectivity index is 1.68. The number of para-hydroxylation sites is 1. The van der Waals surface area contributed by atoms with Gasteiger partial charge in [-0.1, -0.05) is 44.1 Å². The van der Waals surface area contributed by atoms with Crippen molar-refractivity contribution in [2.45, 2.75) is 52.5 Å². The zero-order chi connectivity index (χ0) is 27.9. The van der Waals surface area contributed by atoms with Crippen molar-refractivity contribution in [2.75, 3.05) is 25.1 Å². The maximum absolute atomic E-state index is 10.9. The van der Waals surface area contributed by atoms with Gasteiger partial charge >= 0.3 is 0 Å². The van der Waals surface area contributed by atoms with Crippen molar-refractivity contribution < 1.29 is 9.53 Å². The van der Waals surface area contributed by atoms with Gasteiger partial charge in [0.25, 0.3) is 0 Å². The van der Waals surface area contributed by atoms with Gasteiger partial charge in [-0.2, -0.15) is 5.26 Å². The molecule has 3 aromatic rings. The van der Waals surface area contributed by atoms with Gasteiger partial charge in [0.05, 0.1) is 18.7 Å². The molecule has 1 aliphatic carbocycles. The first-order valence-corrected chi connectivity index (χ1v) is 13.5. The summed E-state index contributed by atoms with van der Waals surface area (Å²) in [5.74, 6) is 2.31. The van der Waals surface area contributed by atoms with Crippen LogP contribution in [0.4, 0.5) is 5.82 Å². The van der Waals surface area contributed by atoms with Crippen LogP contribution in [0.5, 0.6) is 5.75 Å². The third kappa shape index (κ3) is 6.12. The van der Waals surface area contributed by atoms with Crippen molar-refractivity contribution in [3.63, 3.8) is 0 Å². The lowest BCUT2D eigenvalue weighted by Crippen LogP contribution is -2.41. The fraction of sp³-hybridized carbons (Fsp3) is 0.375. The third-order valence-electron chi connectivity index (χ3n) is 7.55. The summed E-state index contributed by atoms with van der Waals surface area (Å²) in [4.78, 5) is 22.9. The predicted octanol–water partition coefficient (Wildman–Crippen LogP) is 6.18. The van der Waals surface area contributed by atoms with Gasteiger partial charge in [0.15, 0.2) is 0 Å². The smallest absolute Gasteiger partial charge is 0.207 e. The fourth-order valence-electron chi connectivity index (χ4n) is 5.21. The number of amides is 1. The number of methoxy groups -OCH3 is 1. The molecule has 0 bridgehead atoms. The minimum atomic E-state index is 0.0108. The number of fused-ring (bicyclic) bond motifs is 1. The highest BCUT2D eigenvalue weighted by Crippen LogP contribution is 2.41. The van der Waals surface area contributed by atoms with E-state index in [9.17, 15) is 10.1 Å². The van der Waals surface area contributed by atoms with Gasteiger partial charge in [-0.05, 0) is 56.0 Å². The molecule has 202 valence electrons. The molecule has 0 saturated heterocycles. The second-order valence-corrected chi connectivity index (χ2v) is 10.4. The first kappa shape index (κ1) is 27.8. The largest absolute Gasteiger partial charge is 0.495 e. The van der Waals surface area contributed by atoms with E-state index in [-0.39, 0.29) is 12.0 Å². The van der Waals surface area contributed by atoms with Crippen molar-refractivity contribution in [3.05, 3.63) is 71.6 Å². The van der Waals surface area contributed by atoms with Crippen LogP contribution >= 0.6 is 0 Å². The van der Waals surface area contributed by atoms with Gasteiger partial charge in [-0.25, -0.2) is 4.98 Å². The number of hydrogen-bond donors (Lipinski definition) is 1. The van der Waals surface area contributed by atoms with E-state index in [2.05, 4.69) is 49.2 Å². The SMILES string of the molecule is CCC(C)CN(CC(C)NC=O)c1ccc(-c2cnc3c(C4CC=C(C#N)C=C4C)cccc3c2OC)cn1. The number of nitriles is 1. The van der Waals surface area contributed by atoms with Crippen molar-refractivity contribution in [2.24, 2.45) is 5.92 Å². The molecule has 1 aliphatic rings. The van der Waals surface area contributed by atoms with Crippen LogP contribution < -0.4 is 15.0 Å². The summed E-state index contributed by atoms with van der Waals surface area (Å²) in [5.41, 5.74) is 5.72. The molecule has 1 aromatic carbocycles. The minimum Gasteiger partial charge on any atom is -0.495 e. The molecule has 0 fully saturated rings. The van der Waals surface area contributed by atoms with Crippen molar-refractivity contribution in [1.82, 2.24) is 15.3 Å². The first-order valence-electron chi connectivity index (χ1n) is 13.5. The molecule has 3 atom stereocenters. The lowest BCUT2D eigenvalue weighted by atomic mass is 9.83. The summed E-state index contributed by atoms with van der Waals surface area (Å²) in [6.45, 7) is 10.0. The van der Waals surface area contributed by atoms with E-state index < -0.39 is 0 Å². The third-order valence-corrected chi connectivity index (χ3v) is 7.55. The maximum Gasteiger partial charge on any atom is 0.207 e. The van der Waals surface area contributed by atoms with Crippen LogP contribution in [0.2, 0.25) is 0 Å². The molecule has 0 radical (unpaired) electrons. The van der Waals surface area contributed by atoms with E-state index in [0.717, 1.165) is 70.5 Å². The van der Waals surface area contributed by atoms with Gasteiger partial charge in [0, 0.05) is 59.5 Å². The van der Waals surface area contributed by atoms with E-state index in [4.69, 9.17) is 14.7 Å². The Morgan fingerprint density at radius 1 is 1.21 bits per heavy atom. The normalized spacial score (nSPS) is 16.5. The topological polar surface area (TPSA) is 91.1 Å². The summed E-state index contributed by atoms with van der Waals surface area (Å²) < 4.78 is 5.95. The number of nitrogens with one attached hydrogen (secondary N) is 1. The second-order valence-electron chi connectivity index (χ2n) is 10.4. The fourth-order valence-corrected chi connectivity index (χ4v) is 5.21. The number of carbonyl (C=O) groups is 1. The van der Waals surface area contributed by atoms with Gasteiger partial charge in [0.2, 0.25) is 6.41 Å². The highest BCUT2D eigenvalue weighted by molar-refractivity contribution is 5.94. The van der Waals surface area contributed by atoms with Crippen LogP contribution in [0.25, 0.3) is 22.0 Å². The Bertz CT molecular complexity index is 1420. The lowest BCUT2D eigenvalue weighted by Gasteiger charge is -2.29. The standard InChI is InChI=1S/C32H37N5O2/c1-6-21(2)18-37(19-23(4)36-20-38)30-13-11-25(16-34-30)29-17-35-31-27(8-7-9-28(31)32(29)39-5)26-12-10-24(15-33)14-22(26)3/h7-11,13-14,16-17,20-21,23,26H,6,12,18-19H2,1-5H3,(H,36,38). The number of anilines is 1. The van der Waals surface area contributed by atoms with Crippen LogP contribution in [-0.4, -0.2) is 42.6 Å². The molecule has 0 saturated carbocycles. The van der Waals surface area contributed by atoms with E-state index in [0.29, 0.717) is 18.0 Å². The number of nitrogens with zero attached hydrogens (tertiary/aromatic N) is 4. The number of hydrogen-bond acceptors (Lipinski definition) is 6. The monoisotopic (exact) mass is 523 g/mol. The van der Waals surface area contributed by atoms with Gasteiger partial charge in [-0.15, -0.1) is 0 Å². The van der Waals surface area contributed by atoms with E-state index in [1.54, 1.807) is 7.11 Å². The maximum atomic E-state index is 10.9.